The number of fused-ring (bicyclic) bond motifs is 1. The lowest BCUT2D eigenvalue weighted by Gasteiger charge is -2.33. The first kappa shape index (κ1) is 18.2. The van der Waals surface area contributed by atoms with Gasteiger partial charge in [0.1, 0.15) is 24.8 Å². The van der Waals surface area contributed by atoms with Crippen LogP contribution in [-0.4, -0.2) is 48.7 Å². The van der Waals surface area contributed by atoms with Crippen molar-refractivity contribution < 1.29 is 4.79 Å². The Hall–Kier alpha value is -3.88. The van der Waals surface area contributed by atoms with Crippen molar-refractivity contribution in [3.8, 4) is 5.82 Å². The summed E-state index contributed by atoms with van der Waals surface area (Å²) in [4.78, 5) is 32.1. The lowest BCUT2D eigenvalue weighted by molar-refractivity contribution is -0.120. The first-order chi connectivity index (χ1) is 14.8. The molecule has 0 radical (unpaired) electrons. The number of carbonyl (C=O) groups is 1. The quantitative estimate of drug-likeness (QED) is 0.561. The van der Waals surface area contributed by atoms with Gasteiger partial charge in [0.25, 0.3) is 0 Å². The molecule has 1 atom stereocenters. The Morgan fingerprint density at radius 1 is 1.07 bits per heavy atom. The smallest absolute Gasteiger partial charge is 0.229 e. The van der Waals surface area contributed by atoms with Crippen LogP contribution in [0.15, 0.2) is 61.6 Å². The molecule has 0 aliphatic carbocycles. The van der Waals surface area contributed by atoms with E-state index in [0.29, 0.717) is 12.4 Å². The molecule has 1 aromatic carbocycles. The van der Waals surface area contributed by atoms with E-state index in [1.54, 1.807) is 17.2 Å². The van der Waals surface area contributed by atoms with Crippen molar-refractivity contribution in [2.45, 2.75) is 12.8 Å². The predicted octanol–water partition coefficient (Wildman–Crippen LogP) is 2.46. The summed E-state index contributed by atoms with van der Waals surface area (Å²) in [6, 6.07) is 11.5. The van der Waals surface area contributed by atoms with E-state index >= 15 is 0 Å². The zero-order chi connectivity index (χ0) is 20.3. The molecule has 0 bridgehead atoms. The van der Waals surface area contributed by atoms with Gasteiger partial charge in [-0.2, -0.15) is 5.10 Å². The highest BCUT2D eigenvalue weighted by Crippen LogP contribution is 2.26. The number of benzene rings is 1. The van der Waals surface area contributed by atoms with E-state index in [1.165, 1.54) is 12.7 Å². The minimum Gasteiger partial charge on any atom is -0.356 e. The highest BCUT2D eigenvalue weighted by atomic mass is 16.1. The number of hydrogen-bond acceptors (Lipinski definition) is 7. The zero-order valence-corrected chi connectivity index (χ0v) is 16.2. The molecular formula is C21H20N8O. The minimum absolute atomic E-state index is 0.0154. The molecule has 1 amide bonds. The molecule has 4 aromatic rings. The van der Waals surface area contributed by atoms with E-state index in [0.717, 1.165) is 41.8 Å². The lowest BCUT2D eigenvalue weighted by atomic mass is 9.97. The number of aromatic nitrogens is 6. The van der Waals surface area contributed by atoms with Crippen molar-refractivity contribution in [1.29, 1.82) is 0 Å². The third-order valence-corrected chi connectivity index (χ3v) is 5.31. The average molecular weight is 400 g/mol. The van der Waals surface area contributed by atoms with Gasteiger partial charge in [-0.15, -0.1) is 0 Å². The Balaban J connectivity index is 1.33. The van der Waals surface area contributed by atoms with Crippen LogP contribution >= 0.6 is 0 Å². The van der Waals surface area contributed by atoms with Crippen molar-refractivity contribution >= 4 is 28.3 Å². The largest absolute Gasteiger partial charge is 0.356 e. The van der Waals surface area contributed by atoms with Crippen molar-refractivity contribution in [3.05, 3.63) is 61.6 Å². The molecule has 1 N–H and O–H groups in total. The molecule has 1 saturated heterocycles. The summed E-state index contributed by atoms with van der Waals surface area (Å²) in [7, 11) is 0. The van der Waals surface area contributed by atoms with E-state index < -0.39 is 0 Å². The van der Waals surface area contributed by atoms with Crippen LogP contribution in [0.4, 0.5) is 11.5 Å². The number of nitrogens with zero attached hydrogens (tertiary/aromatic N) is 7. The number of rotatable bonds is 4. The van der Waals surface area contributed by atoms with Gasteiger partial charge >= 0.3 is 0 Å². The molecule has 1 unspecified atom stereocenters. The van der Waals surface area contributed by atoms with Gasteiger partial charge in [-0.05, 0) is 37.1 Å². The second kappa shape index (κ2) is 7.86. The summed E-state index contributed by atoms with van der Waals surface area (Å²) in [6.07, 6.45) is 8.08. The van der Waals surface area contributed by atoms with Crippen molar-refractivity contribution in [1.82, 2.24) is 29.7 Å². The Morgan fingerprint density at radius 3 is 2.90 bits per heavy atom. The van der Waals surface area contributed by atoms with Gasteiger partial charge in [0.15, 0.2) is 5.82 Å². The first-order valence-corrected chi connectivity index (χ1v) is 9.84. The third-order valence-electron chi connectivity index (χ3n) is 5.31. The highest BCUT2D eigenvalue weighted by Gasteiger charge is 2.27. The fourth-order valence-electron chi connectivity index (χ4n) is 3.81. The fraction of sp³-hybridized carbons (Fsp3) is 0.238. The molecule has 1 aliphatic heterocycles. The second-order valence-corrected chi connectivity index (χ2v) is 7.22. The molecule has 5 rings (SSSR count). The van der Waals surface area contributed by atoms with Crippen molar-refractivity contribution in [2.24, 2.45) is 5.92 Å². The molecule has 0 spiro atoms. The van der Waals surface area contributed by atoms with Gasteiger partial charge in [-0.1, -0.05) is 6.07 Å². The van der Waals surface area contributed by atoms with Crippen LogP contribution in [0.25, 0.3) is 16.7 Å². The number of hydrogen-bond donors (Lipinski definition) is 1. The van der Waals surface area contributed by atoms with Gasteiger partial charge < -0.3 is 10.2 Å². The molecular weight excluding hydrogens is 380 g/mol. The van der Waals surface area contributed by atoms with Crippen LogP contribution in [0.2, 0.25) is 0 Å². The highest BCUT2D eigenvalue weighted by molar-refractivity contribution is 6.01. The lowest BCUT2D eigenvalue weighted by Crippen LogP contribution is -2.41. The summed E-state index contributed by atoms with van der Waals surface area (Å²) < 4.78 is 1.59. The molecule has 30 heavy (non-hydrogen) atoms. The Bertz CT molecular complexity index is 1170. The van der Waals surface area contributed by atoms with Crippen LogP contribution in [0, 0.1) is 5.92 Å². The summed E-state index contributed by atoms with van der Waals surface area (Å²) in [6.45, 7) is 1.44. The summed E-state index contributed by atoms with van der Waals surface area (Å²) in [5.74, 6) is 1.31. The molecule has 4 heterocycles. The molecule has 9 nitrogen and oxygen atoms in total. The van der Waals surface area contributed by atoms with E-state index in [4.69, 9.17) is 0 Å². The number of pyridine rings is 1. The average Bonchev–Trinajstić information content (AvgIpc) is 3.35. The molecule has 150 valence electrons. The maximum Gasteiger partial charge on any atom is 0.229 e. The van der Waals surface area contributed by atoms with E-state index in [1.807, 2.05) is 36.4 Å². The maximum absolute atomic E-state index is 13.0. The topological polar surface area (TPSA) is 102 Å². The number of carbonyl (C=O) groups excluding carboxylic acids is 1. The van der Waals surface area contributed by atoms with Gasteiger partial charge in [0, 0.05) is 30.7 Å². The van der Waals surface area contributed by atoms with E-state index in [9.17, 15) is 4.79 Å². The standard InChI is InChI=1S/C21H20N8O/c30-21(27-18-7-1-6-17-16(18)5-2-8-23-17)15-4-3-9-28(11-15)19-10-20(25-13-24-19)29-14-22-12-26-29/h1-2,5-8,10,12-15H,3-4,9,11H2,(H,27,30). The predicted molar refractivity (Wildman–Crippen MR) is 112 cm³/mol. The van der Waals surface area contributed by atoms with Crippen LogP contribution in [0.5, 0.6) is 0 Å². The number of nitrogens with one attached hydrogen (secondary N) is 1. The molecule has 1 fully saturated rings. The SMILES string of the molecule is O=C(Nc1cccc2ncccc12)C1CCCN(c2cc(-n3cncn3)ncn2)C1. The number of piperidine rings is 1. The molecule has 0 saturated carbocycles. The Kier molecular flexibility index (Phi) is 4.76. The first-order valence-electron chi connectivity index (χ1n) is 9.84. The van der Waals surface area contributed by atoms with Crippen molar-refractivity contribution in [3.63, 3.8) is 0 Å². The van der Waals surface area contributed by atoms with Crippen LogP contribution in [0.3, 0.4) is 0 Å². The molecule has 3 aromatic heterocycles. The number of anilines is 2. The van der Waals surface area contributed by atoms with Gasteiger partial charge in [-0.25, -0.2) is 19.6 Å². The Morgan fingerprint density at radius 2 is 2.00 bits per heavy atom. The molecule has 1 aliphatic rings. The van der Waals surface area contributed by atoms with E-state index in [2.05, 4.69) is 35.3 Å². The maximum atomic E-state index is 13.0. The van der Waals surface area contributed by atoms with Crippen molar-refractivity contribution in [2.75, 3.05) is 23.3 Å². The zero-order valence-electron chi connectivity index (χ0n) is 16.2. The van der Waals surface area contributed by atoms with Gasteiger partial charge in [0.05, 0.1) is 17.1 Å². The van der Waals surface area contributed by atoms with Gasteiger partial charge in [0.2, 0.25) is 5.91 Å². The summed E-state index contributed by atoms with van der Waals surface area (Å²) in [5.41, 5.74) is 1.65. The Labute approximate surface area is 172 Å². The monoisotopic (exact) mass is 400 g/mol. The summed E-state index contributed by atoms with van der Waals surface area (Å²) in [5, 5.41) is 8.15. The normalized spacial score (nSPS) is 16.5. The van der Waals surface area contributed by atoms with Gasteiger partial charge in [-0.3, -0.25) is 9.78 Å². The minimum atomic E-state index is -0.129. The third kappa shape index (κ3) is 3.57. The van der Waals surface area contributed by atoms with Crippen LogP contribution < -0.4 is 10.2 Å². The fourth-order valence-corrected chi connectivity index (χ4v) is 3.81. The molecule has 9 heteroatoms. The number of amides is 1. The summed E-state index contributed by atoms with van der Waals surface area (Å²) >= 11 is 0. The van der Waals surface area contributed by atoms with E-state index in [-0.39, 0.29) is 11.8 Å². The van der Waals surface area contributed by atoms with Crippen LogP contribution in [0.1, 0.15) is 12.8 Å². The van der Waals surface area contributed by atoms with Crippen LogP contribution in [-0.2, 0) is 4.79 Å². The second-order valence-electron chi connectivity index (χ2n) is 7.22.